The van der Waals surface area contributed by atoms with Crippen molar-refractivity contribution < 1.29 is 0 Å². The highest BCUT2D eigenvalue weighted by Crippen LogP contribution is 2.38. The molecule has 0 aliphatic carbocycles. The summed E-state index contributed by atoms with van der Waals surface area (Å²) < 4.78 is 1.19. The van der Waals surface area contributed by atoms with Gasteiger partial charge in [0.2, 0.25) is 0 Å². The van der Waals surface area contributed by atoms with Gasteiger partial charge in [0.1, 0.15) is 0 Å². The zero-order valence-corrected chi connectivity index (χ0v) is 12.9. The molecule has 2 nitrogen and oxygen atoms in total. The van der Waals surface area contributed by atoms with Gasteiger partial charge in [0.25, 0.3) is 0 Å². The van der Waals surface area contributed by atoms with Crippen molar-refractivity contribution in [2.45, 2.75) is 18.9 Å². The Kier molecular flexibility index (Phi) is 3.64. The van der Waals surface area contributed by atoms with E-state index in [4.69, 9.17) is 5.73 Å². The number of halogens is 1. The maximum absolute atomic E-state index is 6.20. The van der Waals surface area contributed by atoms with Crippen LogP contribution in [0.25, 0.3) is 0 Å². The van der Waals surface area contributed by atoms with Crippen molar-refractivity contribution in [3.05, 3.63) is 57.7 Å². The minimum Gasteiger partial charge on any atom is -0.397 e. The SMILES string of the molecule is Nc1cc(I)ccc1N1CCCC1c1ccccc1. The predicted molar refractivity (Wildman–Crippen MR) is 89.3 cm³/mol. The van der Waals surface area contributed by atoms with Gasteiger partial charge in [0.15, 0.2) is 0 Å². The molecule has 2 aromatic rings. The molecule has 2 N–H and O–H groups in total. The Hall–Kier alpha value is -1.23. The molecule has 1 heterocycles. The van der Waals surface area contributed by atoms with Crippen LogP contribution < -0.4 is 10.6 Å². The van der Waals surface area contributed by atoms with Crippen molar-refractivity contribution in [3.63, 3.8) is 0 Å². The number of nitrogens with zero attached hydrogens (tertiary/aromatic N) is 1. The van der Waals surface area contributed by atoms with Crippen LogP contribution in [0.3, 0.4) is 0 Å². The molecular weight excluding hydrogens is 347 g/mol. The molecule has 0 spiro atoms. The molecule has 98 valence electrons. The number of benzene rings is 2. The van der Waals surface area contributed by atoms with Crippen molar-refractivity contribution in [1.29, 1.82) is 0 Å². The first-order chi connectivity index (χ1) is 9.25. The van der Waals surface area contributed by atoms with E-state index < -0.39 is 0 Å². The number of hydrogen-bond acceptors (Lipinski definition) is 2. The van der Waals surface area contributed by atoms with Gasteiger partial charge in [0, 0.05) is 10.1 Å². The molecule has 3 rings (SSSR count). The number of nitrogens with two attached hydrogens (primary N) is 1. The van der Waals surface area contributed by atoms with Gasteiger partial charge in [-0.1, -0.05) is 30.3 Å². The summed E-state index contributed by atoms with van der Waals surface area (Å²) in [7, 11) is 0. The molecule has 0 saturated carbocycles. The van der Waals surface area contributed by atoms with Gasteiger partial charge in [0.05, 0.1) is 17.4 Å². The summed E-state index contributed by atoms with van der Waals surface area (Å²) in [5.74, 6) is 0. The van der Waals surface area contributed by atoms with E-state index >= 15 is 0 Å². The lowest BCUT2D eigenvalue weighted by Gasteiger charge is -2.28. The lowest BCUT2D eigenvalue weighted by atomic mass is 10.0. The molecule has 3 heteroatoms. The molecule has 1 aliphatic rings. The summed E-state index contributed by atoms with van der Waals surface area (Å²) in [5, 5.41) is 0. The maximum Gasteiger partial charge on any atom is 0.0605 e. The van der Waals surface area contributed by atoms with E-state index in [2.05, 4.69) is 76.0 Å². The molecule has 0 amide bonds. The van der Waals surface area contributed by atoms with Crippen molar-refractivity contribution in [2.75, 3.05) is 17.2 Å². The maximum atomic E-state index is 6.20. The first-order valence-electron chi connectivity index (χ1n) is 6.62. The molecule has 1 unspecified atom stereocenters. The van der Waals surface area contributed by atoms with Crippen molar-refractivity contribution in [2.24, 2.45) is 0 Å². The first-order valence-corrected chi connectivity index (χ1v) is 7.70. The summed E-state index contributed by atoms with van der Waals surface area (Å²) in [4.78, 5) is 2.45. The van der Waals surface area contributed by atoms with Crippen LogP contribution in [-0.2, 0) is 0 Å². The third-order valence-electron chi connectivity index (χ3n) is 3.74. The number of hydrogen-bond donors (Lipinski definition) is 1. The smallest absolute Gasteiger partial charge is 0.0605 e. The minimum atomic E-state index is 0.462. The van der Waals surface area contributed by atoms with Crippen molar-refractivity contribution in [3.8, 4) is 0 Å². The highest BCUT2D eigenvalue weighted by Gasteiger charge is 2.27. The second-order valence-electron chi connectivity index (χ2n) is 4.97. The third-order valence-corrected chi connectivity index (χ3v) is 4.41. The number of rotatable bonds is 2. The quantitative estimate of drug-likeness (QED) is 0.639. The van der Waals surface area contributed by atoms with Gasteiger partial charge in [-0.2, -0.15) is 0 Å². The van der Waals surface area contributed by atoms with Crippen LogP contribution in [0.4, 0.5) is 11.4 Å². The Balaban J connectivity index is 1.95. The fraction of sp³-hybridized carbons (Fsp3) is 0.250. The van der Waals surface area contributed by atoms with Crippen molar-refractivity contribution in [1.82, 2.24) is 0 Å². The van der Waals surface area contributed by atoms with Crippen LogP contribution in [0.1, 0.15) is 24.4 Å². The summed E-state index contributed by atoms with van der Waals surface area (Å²) in [6.45, 7) is 1.09. The largest absolute Gasteiger partial charge is 0.397 e. The average Bonchev–Trinajstić information content (AvgIpc) is 2.89. The van der Waals surface area contributed by atoms with E-state index in [1.165, 1.54) is 27.7 Å². The van der Waals surface area contributed by atoms with E-state index in [0.717, 1.165) is 12.2 Å². The molecule has 1 aliphatic heterocycles. The topological polar surface area (TPSA) is 29.3 Å². The number of anilines is 2. The van der Waals surface area contributed by atoms with Gasteiger partial charge < -0.3 is 10.6 Å². The van der Waals surface area contributed by atoms with E-state index in [-0.39, 0.29) is 0 Å². The fourth-order valence-corrected chi connectivity index (χ4v) is 3.38. The minimum absolute atomic E-state index is 0.462. The summed E-state index contributed by atoms with van der Waals surface area (Å²) in [6, 6.07) is 17.5. The lowest BCUT2D eigenvalue weighted by molar-refractivity contribution is 0.720. The fourth-order valence-electron chi connectivity index (χ4n) is 2.86. The Morgan fingerprint density at radius 2 is 1.89 bits per heavy atom. The molecule has 0 radical (unpaired) electrons. The summed E-state index contributed by atoms with van der Waals surface area (Å²) in [6.07, 6.45) is 2.43. The Morgan fingerprint density at radius 3 is 2.63 bits per heavy atom. The van der Waals surface area contributed by atoms with Crippen LogP contribution in [0.2, 0.25) is 0 Å². The van der Waals surface area contributed by atoms with E-state index in [9.17, 15) is 0 Å². The molecule has 0 aromatic heterocycles. The van der Waals surface area contributed by atoms with Crippen LogP contribution >= 0.6 is 22.6 Å². The van der Waals surface area contributed by atoms with Gasteiger partial charge in [-0.15, -0.1) is 0 Å². The van der Waals surface area contributed by atoms with Gasteiger partial charge in [-0.3, -0.25) is 0 Å². The number of nitrogen functional groups attached to an aromatic ring is 1. The van der Waals surface area contributed by atoms with Gasteiger partial charge >= 0.3 is 0 Å². The molecule has 0 bridgehead atoms. The highest BCUT2D eigenvalue weighted by molar-refractivity contribution is 14.1. The Labute approximate surface area is 127 Å². The van der Waals surface area contributed by atoms with Crippen LogP contribution in [-0.4, -0.2) is 6.54 Å². The van der Waals surface area contributed by atoms with E-state index in [1.54, 1.807) is 0 Å². The zero-order chi connectivity index (χ0) is 13.2. The summed E-state index contributed by atoms with van der Waals surface area (Å²) in [5.41, 5.74) is 9.64. The Bertz CT molecular complexity index is 568. The predicted octanol–water partition coefficient (Wildman–Crippen LogP) is 4.21. The zero-order valence-electron chi connectivity index (χ0n) is 10.7. The lowest BCUT2D eigenvalue weighted by Crippen LogP contribution is -2.23. The van der Waals surface area contributed by atoms with Crippen LogP contribution in [0.5, 0.6) is 0 Å². The van der Waals surface area contributed by atoms with E-state index in [0.29, 0.717) is 6.04 Å². The Morgan fingerprint density at radius 1 is 1.11 bits per heavy atom. The third kappa shape index (κ3) is 2.56. The molecule has 2 aromatic carbocycles. The van der Waals surface area contributed by atoms with Crippen LogP contribution in [0.15, 0.2) is 48.5 Å². The normalized spacial score (nSPS) is 18.8. The highest BCUT2D eigenvalue weighted by atomic mass is 127. The monoisotopic (exact) mass is 364 g/mol. The van der Waals surface area contributed by atoms with Crippen LogP contribution in [0, 0.1) is 3.57 Å². The van der Waals surface area contributed by atoms with Gasteiger partial charge in [-0.05, 0) is 59.2 Å². The average molecular weight is 364 g/mol. The second kappa shape index (κ2) is 5.41. The molecule has 1 saturated heterocycles. The summed E-state index contributed by atoms with van der Waals surface area (Å²) >= 11 is 2.30. The second-order valence-corrected chi connectivity index (χ2v) is 6.21. The molecule has 19 heavy (non-hydrogen) atoms. The van der Waals surface area contributed by atoms with Crippen molar-refractivity contribution >= 4 is 34.0 Å². The first kappa shape index (κ1) is 12.8. The molecular formula is C16H17IN2. The molecule has 1 fully saturated rings. The van der Waals surface area contributed by atoms with Gasteiger partial charge in [-0.25, -0.2) is 0 Å². The molecule has 1 atom stereocenters. The standard InChI is InChI=1S/C16H17IN2/c17-13-8-9-16(14(18)11-13)19-10-4-7-15(19)12-5-2-1-3-6-12/h1-3,5-6,8-9,11,15H,4,7,10,18H2. The van der Waals surface area contributed by atoms with E-state index in [1.807, 2.05) is 0 Å².